The number of likely N-dealkylation sites (N-methyl/N-ethyl adjacent to an activating group) is 1. The van der Waals surface area contributed by atoms with Crippen molar-refractivity contribution in [2.75, 3.05) is 38.1 Å². The van der Waals surface area contributed by atoms with E-state index in [9.17, 15) is 4.79 Å². The van der Waals surface area contributed by atoms with Gasteiger partial charge in [0.15, 0.2) is 0 Å². The summed E-state index contributed by atoms with van der Waals surface area (Å²) in [6.07, 6.45) is 1.88. The molecule has 94 valence electrons. The lowest BCUT2D eigenvalue weighted by molar-refractivity contribution is 0.360. The summed E-state index contributed by atoms with van der Waals surface area (Å²) >= 11 is 0. The summed E-state index contributed by atoms with van der Waals surface area (Å²) < 4.78 is 0. The number of hydrogen-bond donors (Lipinski definition) is 1. The third-order valence-electron chi connectivity index (χ3n) is 3.16. The molecule has 1 aliphatic heterocycles. The second-order valence-corrected chi connectivity index (χ2v) is 4.55. The first-order valence-electron chi connectivity index (χ1n) is 6.23. The Morgan fingerprint density at radius 1 is 1.35 bits per heavy atom. The average molecular weight is 236 g/mol. The van der Waals surface area contributed by atoms with Crippen LogP contribution in [-0.4, -0.2) is 48.1 Å². The van der Waals surface area contributed by atoms with Crippen LogP contribution in [0.2, 0.25) is 0 Å². The molecule has 2 rings (SSSR count). The average Bonchev–Trinajstić information content (AvgIpc) is 2.53. The molecular formula is C12H20N4O. The van der Waals surface area contributed by atoms with Crippen molar-refractivity contribution in [1.29, 1.82) is 0 Å². The lowest BCUT2D eigenvalue weighted by atomic mass is 10.3. The van der Waals surface area contributed by atoms with E-state index in [1.807, 2.05) is 6.92 Å². The number of aromatic amines is 1. The van der Waals surface area contributed by atoms with Crippen LogP contribution in [0.5, 0.6) is 0 Å². The van der Waals surface area contributed by atoms with Gasteiger partial charge in [0.05, 0.1) is 0 Å². The smallest absolute Gasteiger partial charge is 0.252 e. The van der Waals surface area contributed by atoms with E-state index in [1.165, 1.54) is 0 Å². The highest BCUT2D eigenvalue weighted by Gasteiger charge is 2.14. The molecule has 2 heterocycles. The first kappa shape index (κ1) is 12.1. The number of rotatable bonds is 2. The number of aryl methyl sites for hydroxylation is 1. The molecule has 1 aliphatic rings. The Morgan fingerprint density at radius 3 is 2.94 bits per heavy atom. The van der Waals surface area contributed by atoms with Crippen molar-refractivity contribution in [3.63, 3.8) is 0 Å². The highest BCUT2D eigenvalue weighted by molar-refractivity contribution is 5.37. The first-order chi connectivity index (χ1) is 8.19. The Kier molecular flexibility index (Phi) is 3.78. The van der Waals surface area contributed by atoms with Crippen LogP contribution in [0.3, 0.4) is 0 Å². The van der Waals surface area contributed by atoms with Gasteiger partial charge in [0.1, 0.15) is 11.6 Å². The molecule has 1 aromatic heterocycles. The topological polar surface area (TPSA) is 52.2 Å². The molecular weight excluding hydrogens is 216 g/mol. The van der Waals surface area contributed by atoms with E-state index in [2.05, 4.69) is 26.8 Å². The Bertz CT molecular complexity index is 429. The minimum absolute atomic E-state index is 0.0514. The lowest BCUT2D eigenvalue weighted by Crippen LogP contribution is -2.30. The van der Waals surface area contributed by atoms with Crippen molar-refractivity contribution in [1.82, 2.24) is 14.9 Å². The molecule has 0 aliphatic carbocycles. The molecule has 0 saturated carbocycles. The molecule has 0 atom stereocenters. The molecule has 5 heteroatoms. The number of nitrogens with one attached hydrogen (secondary N) is 1. The zero-order chi connectivity index (χ0) is 12.3. The van der Waals surface area contributed by atoms with E-state index in [-0.39, 0.29) is 5.56 Å². The predicted molar refractivity (Wildman–Crippen MR) is 68.6 cm³/mol. The van der Waals surface area contributed by atoms with Crippen LogP contribution in [-0.2, 0) is 6.42 Å². The second-order valence-electron chi connectivity index (χ2n) is 4.55. The molecule has 17 heavy (non-hydrogen) atoms. The standard InChI is InChI=1S/C12H20N4O/c1-3-10-13-11(9-12(17)14-10)16-6-4-5-15(2)7-8-16/h9H,3-8H2,1-2H3,(H,13,14,17). The van der Waals surface area contributed by atoms with Gasteiger partial charge in [-0.25, -0.2) is 4.98 Å². The van der Waals surface area contributed by atoms with Crippen molar-refractivity contribution in [2.24, 2.45) is 0 Å². The van der Waals surface area contributed by atoms with E-state index < -0.39 is 0 Å². The molecule has 1 aromatic rings. The Balaban J connectivity index is 2.20. The van der Waals surface area contributed by atoms with E-state index in [4.69, 9.17) is 0 Å². The molecule has 1 fully saturated rings. The van der Waals surface area contributed by atoms with Crippen LogP contribution >= 0.6 is 0 Å². The van der Waals surface area contributed by atoms with Crippen LogP contribution in [0.1, 0.15) is 19.2 Å². The van der Waals surface area contributed by atoms with Gasteiger partial charge in [-0.15, -0.1) is 0 Å². The van der Waals surface area contributed by atoms with Gasteiger partial charge in [-0.2, -0.15) is 0 Å². The summed E-state index contributed by atoms with van der Waals surface area (Å²) in [4.78, 5) is 23.3. The Labute approximate surface area is 101 Å². The minimum atomic E-state index is -0.0514. The zero-order valence-electron chi connectivity index (χ0n) is 10.6. The fourth-order valence-corrected chi connectivity index (χ4v) is 2.10. The maximum absolute atomic E-state index is 11.5. The summed E-state index contributed by atoms with van der Waals surface area (Å²) in [5.41, 5.74) is -0.0514. The van der Waals surface area contributed by atoms with Crippen LogP contribution in [0, 0.1) is 0 Å². The normalized spacial score (nSPS) is 18.1. The molecule has 0 amide bonds. The fraction of sp³-hybridized carbons (Fsp3) is 0.667. The molecule has 5 nitrogen and oxygen atoms in total. The van der Waals surface area contributed by atoms with Crippen molar-refractivity contribution >= 4 is 5.82 Å². The first-order valence-corrected chi connectivity index (χ1v) is 6.23. The van der Waals surface area contributed by atoms with E-state index in [0.29, 0.717) is 0 Å². The molecule has 1 saturated heterocycles. The zero-order valence-corrected chi connectivity index (χ0v) is 10.6. The quantitative estimate of drug-likeness (QED) is 0.811. The predicted octanol–water partition coefficient (Wildman–Crippen LogP) is 0.474. The summed E-state index contributed by atoms with van der Waals surface area (Å²) in [6.45, 7) is 6.05. The van der Waals surface area contributed by atoms with Gasteiger partial charge >= 0.3 is 0 Å². The minimum Gasteiger partial charge on any atom is -0.355 e. The maximum Gasteiger partial charge on any atom is 0.252 e. The van der Waals surface area contributed by atoms with Crippen LogP contribution < -0.4 is 10.5 Å². The SMILES string of the molecule is CCc1nc(N2CCCN(C)CC2)cc(=O)[nH]1. The van der Waals surface area contributed by atoms with Gasteiger partial charge in [0.25, 0.3) is 5.56 Å². The van der Waals surface area contributed by atoms with Crippen molar-refractivity contribution < 1.29 is 0 Å². The van der Waals surface area contributed by atoms with Crippen LogP contribution in [0.4, 0.5) is 5.82 Å². The molecule has 0 spiro atoms. The third-order valence-corrected chi connectivity index (χ3v) is 3.16. The lowest BCUT2D eigenvalue weighted by Gasteiger charge is -2.21. The highest BCUT2D eigenvalue weighted by atomic mass is 16.1. The van der Waals surface area contributed by atoms with Crippen LogP contribution in [0.25, 0.3) is 0 Å². The largest absolute Gasteiger partial charge is 0.355 e. The molecule has 0 unspecified atom stereocenters. The maximum atomic E-state index is 11.5. The van der Waals surface area contributed by atoms with Crippen LogP contribution in [0.15, 0.2) is 10.9 Å². The van der Waals surface area contributed by atoms with Gasteiger partial charge in [0.2, 0.25) is 0 Å². The van der Waals surface area contributed by atoms with Crippen molar-refractivity contribution in [3.8, 4) is 0 Å². The molecule has 0 aromatic carbocycles. The van der Waals surface area contributed by atoms with Crippen molar-refractivity contribution in [3.05, 3.63) is 22.2 Å². The van der Waals surface area contributed by atoms with Gasteiger partial charge in [-0.3, -0.25) is 4.79 Å². The van der Waals surface area contributed by atoms with Crippen molar-refractivity contribution in [2.45, 2.75) is 19.8 Å². The van der Waals surface area contributed by atoms with E-state index in [1.54, 1.807) is 6.07 Å². The summed E-state index contributed by atoms with van der Waals surface area (Å²) in [5, 5.41) is 0. The summed E-state index contributed by atoms with van der Waals surface area (Å²) in [5.74, 6) is 1.59. The molecule has 0 bridgehead atoms. The Hall–Kier alpha value is -1.36. The van der Waals surface area contributed by atoms with E-state index in [0.717, 1.165) is 50.7 Å². The summed E-state index contributed by atoms with van der Waals surface area (Å²) in [6, 6.07) is 1.60. The van der Waals surface area contributed by atoms with Gasteiger partial charge < -0.3 is 14.8 Å². The molecule has 0 radical (unpaired) electrons. The Morgan fingerprint density at radius 2 is 2.18 bits per heavy atom. The highest BCUT2D eigenvalue weighted by Crippen LogP contribution is 2.11. The monoisotopic (exact) mass is 236 g/mol. The third kappa shape index (κ3) is 3.06. The second kappa shape index (κ2) is 5.31. The summed E-state index contributed by atoms with van der Waals surface area (Å²) in [7, 11) is 2.13. The number of aromatic nitrogens is 2. The van der Waals surface area contributed by atoms with Gasteiger partial charge in [-0.05, 0) is 20.0 Å². The number of nitrogens with zero attached hydrogens (tertiary/aromatic N) is 3. The fourth-order valence-electron chi connectivity index (χ4n) is 2.10. The molecule has 1 N–H and O–H groups in total. The van der Waals surface area contributed by atoms with Gasteiger partial charge in [0, 0.05) is 32.1 Å². The number of anilines is 1. The van der Waals surface area contributed by atoms with E-state index >= 15 is 0 Å². The number of H-pyrrole nitrogens is 1. The number of hydrogen-bond acceptors (Lipinski definition) is 4. The van der Waals surface area contributed by atoms with Gasteiger partial charge in [-0.1, -0.05) is 6.92 Å².